The Morgan fingerprint density at radius 1 is 1.27 bits per heavy atom. The number of fused-ring (bicyclic) bond motifs is 1. The van der Waals surface area contributed by atoms with E-state index in [4.69, 9.17) is 5.11 Å². The van der Waals surface area contributed by atoms with E-state index < -0.39 is 0 Å². The number of aromatic nitrogens is 1. The van der Waals surface area contributed by atoms with E-state index in [0.29, 0.717) is 18.4 Å². The van der Waals surface area contributed by atoms with Crippen LogP contribution in [0.1, 0.15) is 17.9 Å². The third-order valence-electron chi connectivity index (χ3n) is 3.22. The Kier molecular flexibility index (Phi) is 1.96. The summed E-state index contributed by atoms with van der Waals surface area (Å²) in [5.74, 6) is 0.978. The van der Waals surface area contributed by atoms with Gasteiger partial charge in [0.2, 0.25) is 0 Å². The summed E-state index contributed by atoms with van der Waals surface area (Å²) in [5, 5.41) is 10.3. The molecular weight excluding hydrogens is 186 g/mol. The third-order valence-corrected chi connectivity index (χ3v) is 3.22. The zero-order valence-corrected chi connectivity index (χ0v) is 8.43. The standard InChI is InChI=1S/C13H13NO/c15-8-10-7-12(10)11-5-1-3-9-4-2-6-14-13(9)11/h1-6,10,12,15H,7-8H2. The van der Waals surface area contributed by atoms with E-state index in [0.717, 1.165) is 11.9 Å². The highest BCUT2D eigenvalue weighted by Crippen LogP contribution is 2.48. The highest BCUT2D eigenvalue weighted by molar-refractivity contribution is 5.82. The van der Waals surface area contributed by atoms with Gasteiger partial charge in [0.15, 0.2) is 0 Å². The largest absolute Gasteiger partial charge is 0.396 e. The first-order chi connectivity index (χ1) is 7.40. The predicted molar refractivity (Wildman–Crippen MR) is 59.7 cm³/mol. The quantitative estimate of drug-likeness (QED) is 0.805. The average Bonchev–Trinajstić information content (AvgIpc) is 3.07. The van der Waals surface area contributed by atoms with E-state index in [2.05, 4.69) is 29.2 Å². The van der Waals surface area contributed by atoms with Crippen LogP contribution in [0.5, 0.6) is 0 Å². The van der Waals surface area contributed by atoms with Gasteiger partial charge in [0.25, 0.3) is 0 Å². The van der Waals surface area contributed by atoms with Gasteiger partial charge in [-0.25, -0.2) is 0 Å². The zero-order valence-electron chi connectivity index (χ0n) is 8.43. The molecule has 2 nitrogen and oxygen atoms in total. The molecule has 0 amide bonds. The van der Waals surface area contributed by atoms with Crippen LogP contribution in [-0.2, 0) is 0 Å². The summed E-state index contributed by atoms with van der Waals surface area (Å²) in [5.41, 5.74) is 2.40. The lowest BCUT2D eigenvalue weighted by atomic mass is 10.0. The van der Waals surface area contributed by atoms with Crippen molar-refractivity contribution in [2.24, 2.45) is 5.92 Å². The van der Waals surface area contributed by atoms with E-state index >= 15 is 0 Å². The summed E-state index contributed by atoms with van der Waals surface area (Å²) >= 11 is 0. The van der Waals surface area contributed by atoms with Crippen molar-refractivity contribution in [2.45, 2.75) is 12.3 Å². The van der Waals surface area contributed by atoms with Crippen LogP contribution < -0.4 is 0 Å². The Bertz CT molecular complexity index is 489. The SMILES string of the molecule is OCC1CC1c1cccc2cccnc12. The molecule has 15 heavy (non-hydrogen) atoms. The molecule has 1 aromatic heterocycles. The molecule has 0 bridgehead atoms. The first-order valence-electron chi connectivity index (χ1n) is 5.34. The van der Waals surface area contributed by atoms with E-state index in [1.807, 2.05) is 12.3 Å². The molecule has 2 unspecified atom stereocenters. The van der Waals surface area contributed by atoms with Crippen molar-refractivity contribution in [3.63, 3.8) is 0 Å². The normalized spacial score (nSPS) is 24.3. The predicted octanol–water partition coefficient (Wildman–Crippen LogP) is 2.33. The number of benzene rings is 1. The molecule has 1 aromatic carbocycles. The number of hydrogen-bond donors (Lipinski definition) is 1. The molecule has 0 radical (unpaired) electrons. The van der Waals surface area contributed by atoms with Crippen molar-refractivity contribution in [2.75, 3.05) is 6.61 Å². The van der Waals surface area contributed by atoms with Crippen molar-refractivity contribution in [1.82, 2.24) is 4.98 Å². The molecular formula is C13H13NO. The topological polar surface area (TPSA) is 33.1 Å². The second kappa shape index (κ2) is 3.31. The fourth-order valence-electron chi connectivity index (χ4n) is 2.26. The van der Waals surface area contributed by atoms with E-state index in [1.165, 1.54) is 10.9 Å². The number of para-hydroxylation sites is 1. The number of aliphatic hydroxyl groups is 1. The van der Waals surface area contributed by atoms with Gasteiger partial charge in [0, 0.05) is 18.2 Å². The van der Waals surface area contributed by atoms with E-state index in [-0.39, 0.29) is 0 Å². The lowest BCUT2D eigenvalue weighted by molar-refractivity contribution is 0.274. The molecule has 1 heterocycles. The highest BCUT2D eigenvalue weighted by Gasteiger charge is 2.38. The molecule has 1 aliphatic carbocycles. The maximum Gasteiger partial charge on any atom is 0.0736 e. The van der Waals surface area contributed by atoms with Gasteiger partial charge in [-0.2, -0.15) is 0 Å². The monoisotopic (exact) mass is 199 g/mol. The minimum Gasteiger partial charge on any atom is -0.396 e. The minimum atomic E-state index is 0.299. The number of hydrogen-bond acceptors (Lipinski definition) is 2. The molecule has 1 fully saturated rings. The Morgan fingerprint density at radius 2 is 2.13 bits per heavy atom. The van der Waals surface area contributed by atoms with Gasteiger partial charge in [0.1, 0.15) is 0 Å². The van der Waals surface area contributed by atoms with Crippen LogP contribution in [0.2, 0.25) is 0 Å². The average molecular weight is 199 g/mol. The first kappa shape index (κ1) is 8.86. The van der Waals surface area contributed by atoms with Crippen LogP contribution in [0.4, 0.5) is 0 Å². The fourth-order valence-corrected chi connectivity index (χ4v) is 2.26. The molecule has 76 valence electrons. The molecule has 2 atom stereocenters. The van der Waals surface area contributed by atoms with Crippen LogP contribution in [0, 0.1) is 5.92 Å². The summed E-state index contributed by atoms with van der Waals surface area (Å²) in [6.45, 7) is 0.299. The Labute approximate surface area is 88.6 Å². The maximum absolute atomic E-state index is 9.09. The van der Waals surface area contributed by atoms with Crippen LogP contribution in [0.25, 0.3) is 10.9 Å². The number of nitrogens with zero attached hydrogens (tertiary/aromatic N) is 1. The van der Waals surface area contributed by atoms with E-state index in [9.17, 15) is 0 Å². The summed E-state index contributed by atoms with van der Waals surface area (Å²) < 4.78 is 0. The van der Waals surface area contributed by atoms with Crippen molar-refractivity contribution < 1.29 is 5.11 Å². The fraction of sp³-hybridized carbons (Fsp3) is 0.308. The maximum atomic E-state index is 9.09. The number of rotatable bonds is 2. The number of pyridine rings is 1. The second-order valence-electron chi connectivity index (χ2n) is 4.21. The van der Waals surface area contributed by atoms with Crippen LogP contribution >= 0.6 is 0 Å². The number of aliphatic hydroxyl groups excluding tert-OH is 1. The lowest BCUT2D eigenvalue weighted by Crippen LogP contribution is -1.91. The molecule has 0 spiro atoms. The van der Waals surface area contributed by atoms with Crippen molar-refractivity contribution >= 4 is 10.9 Å². The molecule has 1 N–H and O–H groups in total. The molecule has 0 saturated heterocycles. The van der Waals surface area contributed by atoms with Gasteiger partial charge in [-0.15, -0.1) is 0 Å². The molecule has 1 saturated carbocycles. The minimum absolute atomic E-state index is 0.299. The molecule has 2 heteroatoms. The van der Waals surface area contributed by atoms with Crippen molar-refractivity contribution in [1.29, 1.82) is 0 Å². The molecule has 2 aromatic rings. The van der Waals surface area contributed by atoms with Gasteiger partial charge in [0.05, 0.1) is 5.52 Å². The van der Waals surface area contributed by atoms with Crippen LogP contribution in [0.15, 0.2) is 36.5 Å². The second-order valence-corrected chi connectivity index (χ2v) is 4.21. The lowest BCUT2D eigenvalue weighted by Gasteiger charge is -2.03. The Hall–Kier alpha value is -1.41. The van der Waals surface area contributed by atoms with E-state index in [1.54, 1.807) is 0 Å². The Balaban J connectivity index is 2.11. The van der Waals surface area contributed by atoms with Crippen molar-refractivity contribution in [3.8, 4) is 0 Å². The third kappa shape index (κ3) is 1.41. The van der Waals surface area contributed by atoms with Gasteiger partial charge in [-0.05, 0) is 29.9 Å². The van der Waals surface area contributed by atoms with Crippen LogP contribution in [0.3, 0.4) is 0 Å². The van der Waals surface area contributed by atoms with Gasteiger partial charge in [-0.1, -0.05) is 24.3 Å². The van der Waals surface area contributed by atoms with Crippen molar-refractivity contribution in [3.05, 3.63) is 42.1 Å². The smallest absolute Gasteiger partial charge is 0.0736 e. The van der Waals surface area contributed by atoms with Gasteiger partial charge < -0.3 is 5.11 Å². The van der Waals surface area contributed by atoms with Crippen LogP contribution in [-0.4, -0.2) is 16.7 Å². The van der Waals surface area contributed by atoms with Gasteiger partial charge >= 0.3 is 0 Å². The summed E-state index contributed by atoms with van der Waals surface area (Å²) in [6.07, 6.45) is 2.94. The highest BCUT2D eigenvalue weighted by atomic mass is 16.3. The summed E-state index contributed by atoms with van der Waals surface area (Å²) in [4.78, 5) is 4.43. The summed E-state index contributed by atoms with van der Waals surface area (Å²) in [7, 11) is 0. The first-order valence-corrected chi connectivity index (χ1v) is 5.34. The molecule has 0 aliphatic heterocycles. The van der Waals surface area contributed by atoms with Gasteiger partial charge in [-0.3, -0.25) is 4.98 Å². The zero-order chi connectivity index (χ0) is 10.3. The summed E-state index contributed by atoms with van der Waals surface area (Å²) in [6, 6.07) is 10.3. The Morgan fingerprint density at radius 3 is 2.93 bits per heavy atom. The molecule has 1 aliphatic rings. The molecule has 3 rings (SSSR count).